The third-order valence-electron chi connectivity index (χ3n) is 3.53. The molecule has 0 aromatic carbocycles. The van der Waals surface area contributed by atoms with Gasteiger partial charge in [0.2, 0.25) is 5.91 Å². The van der Waals surface area contributed by atoms with Crippen LogP contribution in [0.15, 0.2) is 17.5 Å². The van der Waals surface area contributed by atoms with Crippen LogP contribution in [-0.2, 0) is 16.1 Å². The Balaban J connectivity index is 2.10. The molecule has 0 bridgehead atoms. The first-order valence-corrected chi connectivity index (χ1v) is 9.11. The van der Waals surface area contributed by atoms with Crippen molar-refractivity contribution in [1.29, 1.82) is 0 Å². The van der Waals surface area contributed by atoms with E-state index in [0.717, 1.165) is 25.1 Å². The molecule has 25 heavy (non-hydrogen) atoms. The largest absolute Gasteiger partial charge is 0.465 e. The van der Waals surface area contributed by atoms with Gasteiger partial charge >= 0.3 is 5.97 Å². The molecule has 134 valence electrons. The maximum atomic E-state index is 12.1. The number of carbonyl (C=O) groups excluding carboxylic acids is 2. The number of amides is 1. The van der Waals surface area contributed by atoms with Gasteiger partial charge in [0.25, 0.3) is 0 Å². The summed E-state index contributed by atoms with van der Waals surface area (Å²) in [6, 6.07) is 1.66. The van der Waals surface area contributed by atoms with Crippen molar-refractivity contribution >= 4 is 46.6 Å². The summed E-state index contributed by atoms with van der Waals surface area (Å²) in [6.07, 6.45) is 5.04. The maximum Gasteiger partial charge on any atom is 0.350 e. The van der Waals surface area contributed by atoms with Crippen molar-refractivity contribution in [3.63, 3.8) is 0 Å². The fourth-order valence-corrected chi connectivity index (χ4v) is 3.29. The van der Waals surface area contributed by atoms with Crippen LogP contribution in [0, 0.1) is 6.92 Å². The predicted molar refractivity (Wildman–Crippen MR) is 100 cm³/mol. The standard InChI is InChI=1S/C17H20ClN3O3S/c1-4-5-9-21-16(18)12(11(2)20-21)6-7-14(22)19-13-8-10-25-15(13)17(23)24-3/h6-8,10H,4-5,9H2,1-3H3,(H,19,22)/b7-6+. The Labute approximate surface area is 155 Å². The number of unbranched alkanes of at least 4 members (excludes halogenated alkanes) is 1. The quantitative estimate of drug-likeness (QED) is 0.577. The lowest BCUT2D eigenvalue weighted by Crippen LogP contribution is -2.10. The predicted octanol–water partition coefficient (Wildman–Crippen LogP) is 4.15. The number of nitrogens with zero attached hydrogens (tertiary/aromatic N) is 2. The Hall–Kier alpha value is -2.12. The summed E-state index contributed by atoms with van der Waals surface area (Å²) >= 11 is 7.54. The van der Waals surface area contributed by atoms with Crippen molar-refractivity contribution in [2.24, 2.45) is 0 Å². The van der Waals surface area contributed by atoms with Crippen molar-refractivity contribution < 1.29 is 14.3 Å². The van der Waals surface area contributed by atoms with Crippen LogP contribution in [0.5, 0.6) is 0 Å². The Morgan fingerprint density at radius 2 is 2.24 bits per heavy atom. The number of halogens is 1. The normalized spacial score (nSPS) is 11.0. The number of esters is 1. The minimum Gasteiger partial charge on any atom is -0.465 e. The summed E-state index contributed by atoms with van der Waals surface area (Å²) in [5, 5.41) is 9.29. The van der Waals surface area contributed by atoms with Crippen molar-refractivity contribution in [2.75, 3.05) is 12.4 Å². The van der Waals surface area contributed by atoms with Crippen molar-refractivity contribution in [1.82, 2.24) is 9.78 Å². The van der Waals surface area contributed by atoms with Gasteiger partial charge in [-0.3, -0.25) is 9.48 Å². The molecule has 0 aliphatic carbocycles. The Bertz CT molecular complexity index is 795. The average Bonchev–Trinajstić information content (AvgIpc) is 3.15. The molecule has 2 aromatic heterocycles. The Morgan fingerprint density at radius 1 is 1.48 bits per heavy atom. The van der Waals surface area contributed by atoms with E-state index >= 15 is 0 Å². The van der Waals surface area contributed by atoms with Crippen LogP contribution in [0.1, 0.15) is 40.7 Å². The summed E-state index contributed by atoms with van der Waals surface area (Å²) < 4.78 is 6.43. The Kier molecular flexibility index (Phi) is 6.78. The van der Waals surface area contributed by atoms with Gasteiger partial charge in [0.15, 0.2) is 0 Å². The molecule has 0 fully saturated rings. The molecule has 2 aromatic rings. The van der Waals surface area contributed by atoms with E-state index in [0.29, 0.717) is 21.3 Å². The van der Waals surface area contributed by atoms with Crippen molar-refractivity contribution in [3.05, 3.63) is 38.8 Å². The van der Waals surface area contributed by atoms with Gasteiger partial charge in [-0.15, -0.1) is 11.3 Å². The second-order valence-electron chi connectivity index (χ2n) is 5.34. The Morgan fingerprint density at radius 3 is 2.92 bits per heavy atom. The number of carbonyl (C=O) groups is 2. The van der Waals surface area contributed by atoms with E-state index in [1.807, 2.05) is 6.92 Å². The van der Waals surface area contributed by atoms with E-state index in [4.69, 9.17) is 11.6 Å². The van der Waals surface area contributed by atoms with Crippen LogP contribution in [0.2, 0.25) is 5.15 Å². The number of aryl methyl sites for hydroxylation is 2. The molecule has 8 heteroatoms. The van der Waals surface area contributed by atoms with Gasteiger partial charge in [-0.05, 0) is 30.9 Å². The number of methoxy groups -OCH3 is 1. The minimum absolute atomic E-state index is 0.353. The number of thiophene rings is 1. The SMILES string of the molecule is CCCCn1nc(C)c(/C=C/C(=O)Nc2ccsc2C(=O)OC)c1Cl. The molecule has 0 aliphatic heterocycles. The van der Waals surface area contributed by atoms with Gasteiger partial charge < -0.3 is 10.1 Å². The van der Waals surface area contributed by atoms with Crippen LogP contribution in [-0.4, -0.2) is 28.8 Å². The highest BCUT2D eigenvalue weighted by atomic mass is 35.5. The number of hydrogen-bond acceptors (Lipinski definition) is 5. The summed E-state index contributed by atoms with van der Waals surface area (Å²) in [7, 11) is 1.30. The number of anilines is 1. The molecule has 2 heterocycles. The van der Waals surface area contributed by atoms with Gasteiger partial charge in [0.05, 0.1) is 18.5 Å². The first-order valence-electron chi connectivity index (χ1n) is 7.85. The summed E-state index contributed by atoms with van der Waals surface area (Å²) in [5.41, 5.74) is 1.90. The number of aromatic nitrogens is 2. The lowest BCUT2D eigenvalue weighted by Gasteiger charge is -2.02. The van der Waals surface area contributed by atoms with Gasteiger partial charge in [-0.2, -0.15) is 5.10 Å². The fraction of sp³-hybridized carbons (Fsp3) is 0.353. The monoisotopic (exact) mass is 381 g/mol. The molecule has 0 atom stereocenters. The molecule has 0 spiro atoms. The van der Waals surface area contributed by atoms with Crippen LogP contribution in [0.3, 0.4) is 0 Å². The van der Waals surface area contributed by atoms with E-state index in [1.165, 1.54) is 24.5 Å². The van der Waals surface area contributed by atoms with E-state index in [1.54, 1.807) is 22.2 Å². The molecule has 1 amide bonds. The molecule has 0 unspecified atom stereocenters. The third-order valence-corrected chi connectivity index (χ3v) is 4.82. The average molecular weight is 382 g/mol. The molecule has 0 aliphatic rings. The minimum atomic E-state index is -0.481. The number of nitrogens with one attached hydrogen (secondary N) is 1. The zero-order chi connectivity index (χ0) is 18.4. The van der Waals surface area contributed by atoms with Crippen LogP contribution >= 0.6 is 22.9 Å². The smallest absolute Gasteiger partial charge is 0.350 e. The number of ether oxygens (including phenoxy) is 1. The summed E-state index contributed by atoms with van der Waals surface area (Å²) in [5.74, 6) is -0.842. The van der Waals surface area contributed by atoms with Crippen LogP contribution < -0.4 is 5.32 Å². The van der Waals surface area contributed by atoms with Gasteiger partial charge in [-0.25, -0.2) is 4.79 Å². The molecule has 2 rings (SSSR count). The lowest BCUT2D eigenvalue weighted by atomic mass is 10.2. The summed E-state index contributed by atoms with van der Waals surface area (Å²) in [4.78, 5) is 24.1. The van der Waals surface area contributed by atoms with Crippen LogP contribution in [0.25, 0.3) is 6.08 Å². The number of hydrogen-bond donors (Lipinski definition) is 1. The maximum absolute atomic E-state index is 12.1. The lowest BCUT2D eigenvalue weighted by molar-refractivity contribution is -0.111. The van der Waals surface area contributed by atoms with Gasteiger partial charge in [0.1, 0.15) is 10.0 Å². The highest BCUT2D eigenvalue weighted by molar-refractivity contribution is 7.12. The second kappa shape index (κ2) is 8.82. The van der Waals surface area contributed by atoms with E-state index in [2.05, 4.69) is 22.1 Å². The first kappa shape index (κ1) is 19.2. The topological polar surface area (TPSA) is 73.2 Å². The molecule has 0 saturated heterocycles. The summed E-state index contributed by atoms with van der Waals surface area (Å²) in [6.45, 7) is 4.69. The second-order valence-corrected chi connectivity index (χ2v) is 6.62. The molecular formula is C17H20ClN3O3S. The highest BCUT2D eigenvalue weighted by Gasteiger charge is 2.15. The van der Waals surface area contributed by atoms with E-state index in [-0.39, 0.29) is 5.91 Å². The molecule has 0 radical (unpaired) electrons. The van der Waals surface area contributed by atoms with Crippen molar-refractivity contribution in [3.8, 4) is 0 Å². The van der Waals surface area contributed by atoms with E-state index < -0.39 is 5.97 Å². The zero-order valence-corrected chi connectivity index (χ0v) is 15.9. The zero-order valence-electron chi connectivity index (χ0n) is 14.3. The molecule has 0 saturated carbocycles. The van der Waals surface area contributed by atoms with Crippen molar-refractivity contribution in [2.45, 2.75) is 33.2 Å². The highest BCUT2D eigenvalue weighted by Crippen LogP contribution is 2.24. The van der Waals surface area contributed by atoms with Crippen LogP contribution in [0.4, 0.5) is 5.69 Å². The van der Waals surface area contributed by atoms with Gasteiger partial charge in [0, 0.05) is 18.2 Å². The third kappa shape index (κ3) is 4.70. The van der Waals surface area contributed by atoms with E-state index in [9.17, 15) is 9.59 Å². The first-order chi connectivity index (χ1) is 12.0. The molecule has 6 nitrogen and oxygen atoms in total. The fourth-order valence-electron chi connectivity index (χ4n) is 2.20. The molecular weight excluding hydrogens is 362 g/mol. The van der Waals surface area contributed by atoms with Gasteiger partial charge in [-0.1, -0.05) is 24.9 Å². The molecule has 1 N–H and O–H groups in total. The number of rotatable bonds is 7.